The minimum absolute atomic E-state index is 0.166. The maximum Gasteiger partial charge on any atom is 0.410 e. The first-order valence-electron chi connectivity index (χ1n) is 18.1. The van der Waals surface area contributed by atoms with E-state index in [-0.39, 0.29) is 5.91 Å². The van der Waals surface area contributed by atoms with Crippen molar-refractivity contribution in [3.05, 3.63) is 83.8 Å². The van der Waals surface area contributed by atoms with Crippen LogP contribution in [0.5, 0.6) is 0 Å². The first-order chi connectivity index (χ1) is 23.6. The summed E-state index contributed by atoms with van der Waals surface area (Å²) in [5.41, 5.74) is 10.3. The molecule has 254 valence electrons. The first-order valence-corrected chi connectivity index (χ1v) is 18.1. The molecular weight excluding hydrogens is 610 g/mol. The van der Waals surface area contributed by atoms with Gasteiger partial charge in [0, 0.05) is 12.2 Å². The molecule has 4 aromatic rings. The topological polar surface area (TPSA) is 90.6 Å². The van der Waals surface area contributed by atoms with Crippen LogP contribution in [0, 0.1) is 0 Å². The standard InChI is InChI=1S/C41H47N5O3/c1-41(2,3)49-40(48)46-21-7-11-35(46)39(47)43-30-9-5-8-27(23-30)32-19-18-31(36-28-16-17-29(22-28)37(32)36)25-12-14-26(15-13-25)33-24-42-38(44-33)34-10-6-20-45(34)4/h5,8-9,12-15,18-19,23-24,28-29,34-35H,6-7,10-11,16-17,20-22H2,1-4H3,(H,42,44)(H,43,47)/t28?,29?,34-,35-/m0/s1. The van der Waals surface area contributed by atoms with Crippen LogP contribution in [0.4, 0.5) is 10.5 Å². The number of benzene rings is 3. The lowest BCUT2D eigenvalue weighted by atomic mass is 9.81. The number of anilines is 1. The van der Waals surface area contributed by atoms with Crippen molar-refractivity contribution in [2.45, 2.75) is 95.2 Å². The third kappa shape index (κ3) is 6.05. The Hall–Kier alpha value is -4.43. The minimum atomic E-state index is -0.607. The molecule has 1 aromatic heterocycles. The average molecular weight is 658 g/mol. The number of carbonyl (C=O) groups excluding carboxylic acids is 2. The fourth-order valence-corrected chi connectivity index (χ4v) is 8.83. The van der Waals surface area contributed by atoms with Crippen molar-refractivity contribution in [2.24, 2.45) is 0 Å². The number of amides is 2. The molecule has 3 aromatic carbocycles. The fourth-order valence-electron chi connectivity index (χ4n) is 8.83. The predicted molar refractivity (Wildman–Crippen MR) is 193 cm³/mol. The number of hydrogen-bond donors (Lipinski definition) is 2. The number of H-pyrrole nitrogens is 1. The van der Waals surface area contributed by atoms with Gasteiger partial charge in [-0.2, -0.15) is 0 Å². The molecule has 1 saturated carbocycles. The Balaban J connectivity index is 1.04. The summed E-state index contributed by atoms with van der Waals surface area (Å²) < 4.78 is 5.59. The van der Waals surface area contributed by atoms with Crippen LogP contribution in [0.25, 0.3) is 33.5 Å². The van der Waals surface area contributed by atoms with Crippen molar-refractivity contribution in [2.75, 3.05) is 25.5 Å². The Labute approximate surface area is 289 Å². The molecule has 49 heavy (non-hydrogen) atoms. The summed E-state index contributed by atoms with van der Waals surface area (Å²) in [6.45, 7) is 7.19. The molecule has 8 rings (SSSR count). The van der Waals surface area contributed by atoms with E-state index in [2.05, 4.69) is 70.8 Å². The van der Waals surface area contributed by atoms with E-state index >= 15 is 0 Å². The Morgan fingerprint density at radius 3 is 2.24 bits per heavy atom. The normalized spacial score (nSPS) is 23.2. The van der Waals surface area contributed by atoms with Crippen LogP contribution in [0.15, 0.2) is 66.9 Å². The van der Waals surface area contributed by atoms with E-state index in [1.54, 1.807) is 4.90 Å². The summed E-state index contributed by atoms with van der Waals surface area (Å²) in [5.74, 6) is 2.04. The number of rotatable bonds is 6. The zero-order valence-corrected chi connectivity index (χ0v) is 29.1. The smallest absolute Gasteiger partial charge is 0.410 e. The number of hydrogen-bond acceptors (Lipinski definition) is 5. The van der Waals surface area contributed by atoms with Crippen molar-refractivity contribution in [3.8, 4) is 33.5 Å². The average Bonchev–Trinajstić information content (AvgIpc) is 3.93. The highest BCUT2D eigenvalue weighted by molar-refractivity contribution is 5.97. The number of aromatic amines is 1. The van der Waals surface area contributed by atoms with E-state index in [1.165, 1.54) is 53.5 Å². The van der Waals surface area contributed by atoms with Gasteiger partial charge in [0.2, 0.25) is 5.91 Å². The second kappa shape index (κ2) is 12.5. The summed E-state index contributed by atoms with van der Waals surface area (Å²) >= 11 is 0. The summed E-state index contributed by atoms with van der Waals surface area (Å²) in [6, 6.07) is 21.6. The van der Waals surface area contributed by atoms with Gasteiger partial charge in [-0.25, -0.2) is 9.78 Å². The zero-order valence-electron chi connectivity index (χ0n) is 29.1. The van der Waals surface area contributed by atoms with Crippen molar-refractivity contribution < 1.29 is 14.3 Å². The van der Waals surface area contributed by atoms with Gasteiger partial charge in [-0.1, -0.05) is 48.5 Å². The van der Waals surface area contributed by atoms with E-state index < -0.39 is 17.7 Å². The number of ether oxygens (including phenoxy) is 1. The maximum absolute atomic E-state index is 13.5. The highest BCUT2D eigenvalue weighted by Crippen LogP contribution is 2.58. The third-order valence-electron chi connectivity index (χ3n) is 11.1. The first kappa shape index (κ1) is 31.8. The van der Waals surface area contributed by atoms with Crippen LogP contribution in [-0.2, 0) is 9.53 Å². The lowest BCUT2D eigenvalue weighted by molar-refractivity contribution is -0.120. The van der Waals surface area contributed by atoms with Gasteiger partial charge in [0.1, 0.15) is 17.5 Å². The number of aromatic nitrogens is 2. The van der Waals surface area contributed by atoms with E-state index in [9.17, 15) is 9.59 Å². The SMILES string of the molecule is CN1CCC[C@H]1c1ncc(-c2ccc(-c3ccc(-c4cccc(NC(=O)[C@@H]5CCCN5C(=O)OC(C)(C)C)c4)c4c3C3CCC4C3)cc2)[nH]1. The molecule has 2 aliphatic heterocycles. The number of nitrogens with one attached hydrogen (secondary N) is 2. The van der Waals surface area contributed by atoms with E-state index in [0.29, 0.717) is 30.8 Å². The van der Waals surface area contributed by atoms with Gasteiger partial charge in [-0.3, -0.25) is 14.6 Å². The Morgan fingerprint density at radius 1 is 0.857 bits per heavy atom. The number of fused-ring (bicyclic) bond motifs is 5. The number of carbonyl (C=O) groups is 2. The van der Waals surface area contributed by atoms with Crippen molar-refractivity contribution >= 4 is 17.7 Å². The highest BCUT2D eigenvalue weighted by atomic mass is 16.6. The van der Waals surface area contributed by atoms with Crippen molar-refractivity contribution in [1.29, 1.82) is 0 Å². The maximum atomic E-state index is 13.5. The quantitative estimate of drug-likeness (QED) is 0.216. The van der Waals surface area contributed by atoms with Gasteiger partial charge in [-0.05, 0) is 142 Å². The number of likely N-dealkylation sites (tertiary alicyclic amines) is 2. The van der Waals surface area contributed by atoms with Crippen LogP contribution in [0.2, 0.25) is 0 Å². The molecule has 8 heteroatoms. The predicted octanol–water partition coefficient (Wildman–Crippen LogP) is 8.88. The van der Waals surface area contributed by atoms with Gasteiger partial charge in [-0.15, -0.1) is 0 Å². The van der Waals surface area contributed by atoms with E-state index in [0.717, 1.165) is 47.7 Å². The van der Waals surface area contributed by atoms with E-state index in [1.807, 2.05) is 39.1 Å². The van der Waals surface area contributed by atoms with Gasteiger partial charge in [0.05, 0.1) is 17.9 Å². The van der Waals surface area contributed by atoms with Crippen LogP contribution in [-0.4, -0.2) is 63.5 Å². The third-order valence-corrected chi connectivity index (χ3v) is 11.1. The monoisotopic (exact) mass is 657 g/mol. The zero-order chi connectivity index (χ0) is 33.9. The Bertz CT molecular complexity index is 1890. The van der Waals surface area contributed by atoms with Gasteiger partial charge in [0.25, 0.3) is 0 Å². The summed E-state index contributed by atoms with van der Waals surface area (Å²) in [6.07, 6.45) is 9.01. The summed E-state index contributed by atoms with van der Waals surface area (Å²) in [5, 5.41) is 3.12. The molecular formula is C41H47N5O3. The second-order valence-electron chi connectivity index (χ2n) is 15.5. The Morgan fingerprint density at radius 2 is 1.55 bits per heavy atom. The summed E-state index contributed by atoms with van der Waals surface area (Å²) in [4.78, 5) is 38.6. The highest BCUT2D eigenvalue weighted by Gasteiger charge is 2.41. The lowest BCUT2D eigenvalue weighted by Gasteiger charge is -2.28. The molecule has 4 aliphatic rings. The molecule has 2 saturated heterocycles. The molecule has 2 aliphatic carbocycles. The van der Waals surface area contributed by atoms with Crippen LogP contribution in [0.3, 0.4) is 0 Å². The van der Waals surface area contributed by atoms with Gasteiger partial charge < -0.3 is 15.0 Å². The molecule has 2 N–H and O–H groups in total. The Kier molecular flexibility index (Phi) is 8.10. The van der Waals surface area contributed by atoms with Gasteiger partial charge >= 0.3 is 6.09 Å². The lowest BCUT2D eigenvalue weighted by Crippen LogP contribution is -2.45. The molecule has 0 spiro atoms. The van der Waals surface area contributed by atoms with Crippen LogP contribution >= 0.6 is 0 Å². The minimum Gasteiger partial charge on any atom is -0.444 e. The molecule has 2 bridgehead atoms. The molecule has 8 nitrogen and oxygen atoms in total. The molecule has 0 radical (unpaired) electrons. The van der Waals surface area contributed by atoms with Gasteiger partial charge in [0.15, 0.2) is 0 Å². The fraction of sp³-hybridized carbons (Fsp3) is 0.439. The molecule has 3 heterocycles. The van der Waals surface area contributed by atoms with E-state index in [4.69, 9.17) is 9.72 Å². The molecule has 2 unspecified atom stereocenters. The summed E-state index contributed by atoms with van der Waals surface area (Å²) in [7, 11) is 2.18. The molecule has 2 amide bonds. The second-order valence-corrected chi connectivity index (χ2v) is 15.5. The number of nitrogens with zero attached hydrogens (tertiary/aromatic N) is 3. The van der Waals surface area contributed by atoms with Crippen LogP contribution in [0.1, 0.15) is 101 Å². The van der Waals surface area contributed by atoms with Crippen LogP contribution < -0.4 is 5.32 Å². The largest absolute Gasteiger partial charge is 0.444 e. The number of imidazole rings is 1. The van der Waals surface area contributed by atoms with Crippen molar-refractivity contribution in [1.82, 2.24) is 19.8 Å². The molecule has 3 fully saturated rings. The van der Waals surface area contributed by atoms with Crippen molar-refractivity contribution in [3.63, 3.8) is 0 Å². The molecule has 4 atom stereocenters.